The second kappa shape index (κ2) is 7.33. The first-order valence-corrected chi connectivity index (χ1v) is 6.26. The molecule has 5 heteroatoms. The molecule has 1 atom stereocenters. The van der Waals surface area contributed by atoms with Crippen LogP contribution in [-0.4, -0.2) is 42.1 Å². The number of carbonyl (C=O) groups is 2. The predicted molar refractivity (Wildman–Crippen MR) is 75.9 cm³/mol. The molecule has 0 spiro atoms. The number of nitrogens with zero attached hydrogens (tertiary/aromatic N) is 1. The highest BCUT2D eigenvalue weighted by atomic mass is 16.5. The molecule has 1 rings (SSSR count). The largest absolute Gasteiger partial charge is 0.497 e. The summed E-state index contributed by atoms with van der Waals surface area (Å²) in [5, 5.41) is 8.95. The van der Waals surface area contributed by atoms with E-state index in [0.29, 0.717) is 17.9 Å². The molecule has 0 heterocycles. The third-order valence-electron chi connectivity index (χ3n) is 2.87. The molecular formula is C15H19NO4. The topological polar surface area (TPSA) is 66.8 Å². The first-order valence-electron chi connectivity index (χ1n) is 6.26. The van der Waals surface area contributed by atoms with Gasteiger partial charge in [-0.05, 0) is 18.2 Å². The van der Waals surface area contributed by atoms with E-state index in [1.165, 1.54) is 12.0 Å². The molecule has 0 radical (unpaired) electrons. The zero-order valence-electron chi connectivity index (χ0n) is 11.7. The molecule has 0 saturated carbocycles. The van der Waals surface area contributed by atoms with Gasteiger partial charge in [-0.1, -0.05) is 19.1 Å². The van der Waals surface area contributed by atoms with Crippen LogP contribution in [0, 0.1) is 5.92 Å². The Balaban J connectivity index is 2.92. The lowest BCUT2D eigenvalue weighted by Gasteiger charge is -2.23. The van der Waals surface area contributed by atoms with Crippen LogP contribution in [0.2, 0.25) is 0 Å². The van der Waals surface area contributed by atoms with Crippen molar-refractivity contribution < 1.29 is 19.4 Å². The minimum Gasteiger partial charge on any atom is -0.497 e. The maximum absolute atomic E-state index is 12.4. The van der Waals surface area contributed by atoms with Crippen molar-refractivity contribution in [2.45, 2.75) is 6.92 Å². The summed E-state index contributed by atoms with van der Waals surface area (Å²) in [6.07, 6.45) is 1.58. The number of ether oxygens (including phenoxy) is 1. The van der Waals surface area contributed by atoms with E-state index in [1.807, 2.05) is 0 Å². The van der Waals surface area contributed by atoms with E-state index in [-0.39, 0.29) is 12.5 Å². The molecule has 20 heavy (non-hydrogen) atoms. The summed E-state index contributed by atoms with van der Waals surface area (Å²) >= 11 is 0. The molecule has 108 valence electrons. The van der Waals surface area contributed by atoms with E-state index in [1.54, 1.807) is 37.3 Å². The van der Waals surface area contributed by atoms with Crippen molar-refractivity contribution in [3.63, 3.8) is 0 Å². The molecule has 0 aliphatic rings. The molecule has 1 aromatic carbocycles. The minimum absolute atomic E-state index is 0.136. The number of hydrogen-bond donors (Lipinski definition) is 1. The van der Waals surface area contributed by atoms with Crippen molar-refractivity contribution in [2.75, 3.05) is 20.2 Å². The highest BCUT2D eigenvalue weighted by molar-refractivity contribution is 5.95. The SMILES string of the molecule is C=CCN(CC(C)C(=O)O)C(=O)c1cccc(OC)c1. The van der Waals surface area contributed by atoms with Crippen molar-refractivity contribution in [3.05, 3.63) is 42.5 Å². The second-order valence-electron chi connectivity index (χ2n) is 4.47. The molecule has 0 aliphatic heterocycles. The Kier molecular flexibility index (Phi) is 5.77. The molecule has 0 aromatic heterocycles. The second-order valence-corrected chi connectivity index (χ2v) is 4.47. The Morgan fingerprint density at radius 1 is 1.50 bits per heavy atom. The number of aliphatic carboxylic acids is 1. The lowest BCUT2D eigenvalue weighted by molar-refractivity contribution is -0.141. The van der Waals surface area contributed by atoms with E-state index < -0.39 is 11.9 Å². The van der Waals surface area contributed by atoms with Crippen molar-refractivity contribution in [3.8, 4) is 5.75 Å². The molecule has 1 amide bonds. The van der Waals surface area contributed by atoms with Crippen LogP contribution in [0.5, 0.6) is 5.75 Å². The normalized spacial score (nSPS) is 11.5. The van der Waals surface area contributed by atoms with E-state index in [2.05, 4.69) is 6.58 Å². The number of carboxylic acids is 1. The molecule has 1 N–H and O–H groups in total. The number of carbonyl (C=O) groups excluding carboxylic acids is 1. The summed E-state index contributed by atoms with van der Waals surface area (Å²) in [4.78, 5) is 24.8. The third kappa shape index (κ3) is 4.12. The maximum Gasteiger partial charge on any atom is 0.308 e. The summed E-state index contributed by atoms with van der Waals surface area (Å²) in [5.41, 5.74) is 0.462. The summed E-state index contributed by atoms with van der Waals surface area (Å²) in [7, 11) is 1.53. The molecular weight excluding hydrogens is 258 g/mol. The fraction of sp³-hybridized carbons (Fsp3) is 0.333. The molecule has 1 aromatic rings. The summed E-state index contributed by atoms with van der Waals surface area (Å²) in [6.45, 7) is 5.60. The minimum atomic E-state index is -0.933. The van der Waals surface area contributed by atoms with Crippen LogP contribution in [-0.2, 0) is 4.79 Å². The highest BCUT2D eigenvalue weighted by Gasteiger charge is 2.21. The van der Waals surface area contributed by atoms with Gasteiger partial charge in [0.2, 0.25) is 0 Å². The maximum atomic E-state index is 12.4. The highest BCUT2D eigenvalue weighted by Crippen LogP contribution is 2.15. The van der Waals surface area contributed by atoms with E-state index >= 15 is 0 Å². The van der Waals surface area contributed by atoms with Gasteiger partial charge >= 0.3 is 5.97 Å². The van der Waals surface area contributed by atoms with Crippen molar-refractivity contribution >= 4 is 11.9 Å². The summed E-state index contributed by atoms with van der Waals surface area (Å²) in [5.74, 6) is -1.22. The third-order valence-corrected chi connectivity index (χ3v) is 2.87. The number of methoxy groups -OCH3 is 1. The quantitative estimate of drug-likeness (QED) is 0.774. The van der Waals surface area contributed by atoms with Crippen molar-refractivity contribution in [2.24, 2.45) is 5.92 Å². The van der Waals surface area contributed by atoms with Gasteiger partial charge in [-0.2, -0.15) is 0 Å². The Hall–Kier alpha value is -2.30. The number of rotatable bonds is 7. The smallest absolute Gasteiger partial charge is 0.308 e. The van der Waals surface area contributed by atoms with E-state index in [9.17, 15) is 9.59 Å². The summed E-state index contributed by atoms with van der Waals surface area (Å²) < 4.78 is 5.08. The molecule has 0 aliphatic carbocycles. The molecule has 1 unspecified atom stereocenters. The van der Waals surface area contributed by atoms with Crippen LogP contribution >= 0.6 is 0 Å². The Labute approximate surface area is 118 Å². The lowest BCUT2D eigenvalue weighted by atomic mass is 10.1. The van der Waals surface area contributed by atoms with Crippen LogP contribution in [0.1, 0.15) is 17.3 Å². The average Bonchev–Trinajstić information content (AvgIpc) is 2.45. The van der Waals surface area contributed by atoms with Crippen LogP contribution in [0.15, 0.2) is 36.9 Å². The molecule has 5 nitrogen and oxygen atoms in total. The number of amides is 1. The fourth-order valence-electron chi connectivity index (χ4n) is 1.74. The van der Waals surface area contributed by atoms with Crippen LogP contribution in [0.4, 0.5) is 0 Å². The van der Waals surface area contributed by atoms with Gasteiger partial charge in [0.15, 0.2) is 0 Å². The molecule has 0 saturated heterocycles. The van der Waals surface area contributed by atoms with Gasteiger partial charge in [-0.25, -0.2) is 0 Å². The predicted octanol–water partition coefficient (Wildman–Crippen LogP) is 2.04. The molecule has 0 fully saturated rings. The fourth-order valence-corrected chi connectivity index (χ4v) is 1.74. The standard InChI is InChI=1S/C15H19NO4/c1-4-8-16(10-11(2)15(18)19)14(17)12-6-5-7-13(9-12)20-3/h4-7,9,11H,1,8,10H2,2-3H3,(H,18,19). The first kappa shape index (κ1) is 15.8. The zero-order valence-corrected chi connectivity index (χ0v) is 11.7. The monoisotopic (exact) mass is 277 g/mol. The number of carboxylic acid groups (broad SMARTS) is 1. The van der Waals surface area contributed by atoms with E-state index in [4.69, 9.17) is 9.84 Å². The van der Waals surface area contributed by atoms with Gasteiger partial charge in [0.1, 0.15) is 5.75 Å². The van der Waals surface area contributed by atoms with E-state index in [0.717, 1.165) is 0 Å². The van der Waals surface area contributed by atoms with Gasteiger partial charge < -0.3 is 14.7 Å². The number of hydrogen-bond acceptors (Lipinski definition) is 3. The van der Waals surface area contributed by atoms with Crippen LogP contribution in [0.25, 0.3) is 0 Å². The van der Waals surface area contributed by atoms with Crippen molar-refractivity contribution in [1.82, 2.24) is 4.90 Å². The Bertz CT molecular complexity index is 498. The average molecular weight is 277 g/mol. The lowest BCUT2D eigenvalue weighted by Crippen LogP contribution is -2.37. The number of benzene rings is 1. The van der Waals surface area contributed by atoms with Crippen molar-refractivity contribution in [1.29, 1.82) is 0 Å². The Morgan fingerprint density at radius 3 is 2.75 bits per heavy atom. The Morgan fingerprint density at radius 2 is 2.20 bits per heavy atom. The summed E-state index contributed by atoms with van der Waals surface area (Å²) in [6, 6.07) is 6.77. The van der Waals surface area contributed by atoms with Gasteiger partial charge in [0.25, 0.3) is 5.91 Å². The van der Waals surface area contributed by atoms with Crippen LogP contribution < -0.4 is 4.74 Å². The zero-order chi connectivity index (χ0) is 15.1. The first-order chi connectivity index (χ1) is 9.49. The van der Waals surface area contributed by atoms with Gasteiger partial charge in [0.05, 0.1) is 13.0 Å². The van der Waals surface area contributed by atoms with Gasteiger partial charge in [-0.3, -0.25) is 9.59 Å². The van der Waals surface area contributed by atoms with Crippen LogP contribution in [0.3, 0.4) is 0 Å². The van der Waals surface area contributed by atoms with Gasteiger partial charge in [-0.15, -0.1) is 6.58 Å². The molecule has 0 bridgehead atoms. The van der Waals surface area contributed by atoms with Gasteiger partial charge in [0, 0.05) is 18.7 Å².